The standard InChI is InChI=1S/C19H17N3O2S/c1-12(17-10-13-6-2-5-9-16(13)24-17)20-18(23)11-25-19-21-14-7-3-4-8-15(14)22-19/h2-10,12H,11H2,1H3,(H,20,23)(H,21,22). The first kappa shape index (κ1) is 15.8. The minimum Gasteiger partial charge on any atom is -0.459 e. The summed E-state index contributed by atoms with van der Waals surface area (Å²) in [6.45, 7) is 1.92. The van der Waals surface area contributed by atoms with Crippen LogP contribution in [0, 0.1) is 0 Å². The minimum atomic E-state index is -0.184. The van der Waals surface area contributed by atoms with Gasteiger partial charge >= 0.3 is 0 Å². The van der Waals surface area contributed by atoms with E-state index in [9.17, 15) is 4.79 Å². The number of nitrogens with one attached hydrogen (secondary N) is 2. The topological polar surface area (TPSA) is 70.9 Å². The van der Waals surface area contributed by atoms with Gasteiger partial charge in [-0.2, -0.15) is 0 Å². The van der Waals surface area contributed by atoms with Crippen molar-refractivity contribution < 1.29 is 9.21 Å². The Bertz CT molecular complexity index is 971. The molecule has 2 N–H and O–H groups in total. The molecule has 0 bridgehead atoms. The van der Waals surface area contributed by atoms with Gasteiger partial charge in [-0.05, 0) is 31.2 Å². The predicted octanol–water partition coefficient (Wildman–Crippen LogP) is 4.28. The molecule has 0 radical (unpaired) electrons. The summed E-state index contributed by atoms with van der Waals surface area (Å²) in [6, 6.07) is 17.4. The molecule has 0 aliphatic heterocycles. The van der Waals surface area contributed by atoms with E-state index in [0.717, 1.165) is 32.9 Å². The molecule has 0 saturated heterocycles. The summed E-state index contributed by atoms with van der Waals surface area (Å²) in [5.41, 5.74) is 2.71. The van der Waals surface area contributed by atoms with Crippen molar-refractivity contribution in [2.45, 2.75) is 18.1 Å². The highest BCUT2D eigenvalue weighted by atomic mass is 32.2. The van der Waals surface area contributed by atoms with E-state index in [0.29, 0.717) is 5.75 Å². The number of rotatable bonds is 5. The van der Waals surface area contributed by atoms with Crippen LogP contribution in [0.3, 0.4) is 0 Å². The molecule has 0 aliphatic rings. The molecule has 0 fully saturated rings. The van der Waals surface area contributed by atoms with E-state index >= 15 is 0 Å². The summed E-state index contributed by atoms with van der Waals surface area (Å²) in [7, 11) is 0. The molecule has 4 rings (SSSR count). The van der Waals surface area contributed by atoms with Crippen molar-refractivity contribution in [1.29, 1.82) is 0 Å². The van der Waals surface area contributed by atoms with Crippen LogP contribution in [0.25, 0.3) is 22.0 Å². The smallest absolute Gasteiger partial charge is 0.231 e. The van der Waals surface area contributed by atoms with Crippen LogP contribution in [0.5, 0.6) is 0 Å². The summed E-state index contributed by atoms with van der Waals surface area (Å²) in [5, 5.41) is 4.75. The number of aromatic amines is 1. The average molecular weight is 351 g/mol. The number of thioether (sulfide) groups is 1. The van der Waals surface area contributed by atoms with Crippen LogP contribution in [-0.2, 0) is 4.79 Å². The molecule has 0 spiro atoms. The van der Waals surface area contributed by atoms with E-state index < -0.39 is 0 Å². The Kier molecular flexibility index (Phi) is 4.19. The van der Waals surface area contributed by atoms with E-state index in [1.54, 1.807) is 0 Å². The van der Waals surface area contributed by atoms with Crippen LogP contribution in [-0.4, -0.2) is 21.6 Å². The predicted molar refractivity (Wildman–Crippen MR) is 99.6 cm³/mol. The van der Waals surface area contributed by atoms with Crippen LogP contribution in [0.4, 0.5) is 0 Å². The lowest BCUT2D eigenvalue weighted by Crippen LogP contribution is -2.27. The Morgan fingerprint density at radius 2 is 2.04 bits per heavy atom. The average Bonchev–Trinajstić information content (AvgIpc) is 3.23. The van der Waals surface area contributed by atoms with Gasteiger partial charge in [0.25, 0.3) is 0 Å². The van der Waals surface area contributed by atoms with Crippen LogP contribution in [0.15, 0.2) is 64.2 Å². The van der Waals surface area contributed by atoms with Crippen molar-refractivity contribution in [2.24, 2.45) is 0 Å². The second kappa shape index (κ2) is 6.64. The van der Waals surface area contributed by atoms with Crippen molar-refractivity contribution in [2.75, 3.05) is 5.75 Å². The van der Waals surface area contributed by atoms with Crippen molar-refractivity contribution in [3.63, 3.8) is 0 Å². The molecule has 0 saturated carbocycles. The molecule has 2 aromatic carbocycles. The van der Waals surface area contributed by atoms with Crippen molar-refractivity contribution in [3.8, 4) is 0 Å². The number of amides is 1. The third kappa shape index (κ3) is 3.39. The van der Waals surface area contributed by atoms with Gasteiger partial charge in [0.05, 0.1) is 22.8 Å². The van der Waals surface area contributed by atoms with Crippen molar-refractivity contribution >= 4 is 39.7 Å². The third-order valence-electron chi connectivity index (χ3n) is 3.96. The molecule has 1 unspecified atom stereocenters. The van der Waals surface area contributed by atoms with Gasteiger partial charge < -0.3 is 14.7 Å². The molecule has 0 aliphatic carbocycles. The van der Waals surface area contributed by atoms with Gasteiger partial charge in [0.2, 0.25) is 5.91 Å². The van der Waals surface area contributed by atoms with Gasteiger partial charge in [-0.3, -0.25) is 4.79 Å². The highest BCUT2D eigenvalue weighted by Gasteiger charge is 2.15. The molecule has 4 aromatic rings. The SMILES string of the molecule is CC(NC(=O)CSc1nc2ccccc2[nH]1)c1cc2ccccc2o1. The second-order valence-corrected chi connectivity index (χ2v) is 6.79. The molecule has 1 amide bonds. The Labute approximate surface area is 148 Å². The zero-order valence-electron chi connectivity index (χ0n) is 13.7. The van der Waals surface area contributed by atoms with Gasteiger partial charge in [-0.1, -0.05) is 42.1 Å². The van der Waals surface area contributed by atoms with Gasteiger partial charge in [-0.25, -0.2) is 4.98 Å². The number of carbonyl (C=O) groups is 1. The summed E-state index contributed by atoms with van der Waals surface area (Å²) in [5.74, 6) is 0.992. The summed E-state index contributed by atoms with van der Waals surface area (Å²) in [4.78, 5) is 19.9. The summed E-state index contributed by atoms with van der Waals surface area (Å²) >= 11 is 1.39. The summed E-state index contributed by atoms with van der Waals surface area (Å²) in [6.07, 6.45) is 0. The lowest BCUT2D eigenvalue weighted by Gasteiger charge is -2.10. The number of furan rings is 1. The van der Waals surface area contributed by atoms with E-state index in [1.165, 1.54) is 11.8 Å². The van der Waals surface area contributed by atoms with Crippen LogP contribution in [0.1, 0.15) is 18.7 Å². The molecule has 2 aromatic heterocycles. The first-order chi connectivity index (χ1) is 12.2. The molecule has 126 valence electrons. The van der Waals surface area contributed by atoms with Crippen molar-refractivity contribution in [3.05, 3.63) is 60.4 Å². The molecular weight excluding hydrogens is 334 g/mol. The number of aromatic nitrogens is 2. The number of fused-ring (bicyclic) bond motifs is 2. The van der Waals surface area contributed by atoms with Crippen LogP contribution < -0.4 is 5.32 Å². The van der Waals surface area contributed by atoms with Gasteiger partial charge in [0.15, 0.2) is 5.16 Å². The van der Waals surface area contributed by atoms with Crippen LogP contribution >= 0.6 is 11.8 Å². The van der Waals surface area contributed by atoms with Crippen LogP contribution in [0.2, 0.25) is 0 Å². The molecule has 25 heavy (non-hydrogen) atoms. The maximum atomic E-state index is 12.2. The quantitative estimate of drug-likeness (QED) is 0.527. The minimum absolute atomic E-state index is 0.0570. The van der Waals surface area contributed by atoms with E-state index in [4.69, 9.17) is 4.42 Å². The Hall–Kier alpha value is -2.73. The summed E-state index contributed by atoms with van der Waals surface area (Å²) < 4.78 is 5.79. The normalized spacial score (nSPS) is 12.5. The monoisotopic (exact) mass is 351 g/mol. The van der Waals surface area contributed by atoms with Gasteiger partial charge in [0, 0.05) is 5.39 Å². The lowest BCUT2D eigenvalue weighted by atomic mass is 10.2. The maximum Gasteiger partial charge on any atom is 0.231 e. The first-order valence-corrected chi connectivity index (χ1v) is 9.03. The molecule has 5 nitrogen and oxygen atoms in total. The van der Waals surface area contributed by atoms with E-state index in [1.807, 2.05) is 61.5 Å². The molecule has 2 heterocycles. The van der Waals surface area contributed by atoms with Crippen molar-refractivity contribution in [1.82, 2.24) is 15.3 Å². The maximum absolute atomic E-state index is 12.2. The van der Waals surface area contributed by atoms with Gasteiger partial charge in [-0.15, -0.1) is 0 Å². The third-order valence-corrected chi connectivity index (χ3v) is 4.83. The largest absolute Gasteiger partial charge is 0.459 e. The number of para-hydroxylation sites is 3. The number of benzene rings is 2. The second-order valence-electron chi connectivity index (χ2n) is 5.82. The fourth-order valence-electron chi connectivity index (χ4n) is 2.70. The van der Waals surface area contributed by atoms with E-state index in [2.05, 4.69) is 15.3 Å². The lowest BCUT2D eigenvalue weighted by molar-refractivity contribution is -0.119. The first-order valence-electron chi connectivity index (χ1n) is 8.04. The Morgan fingerprint density at radius 1 is 1.24 bits per heavy atom. The Balaban J connectivity index is 1.37. The van der Waals surface area contributed by atoms with E-state index in [-0.39, 0.29) is 11.9 Å². The number of carbonyl (C=O) groups excluding carboxylic acids is 1. The number of imidazole rings is 1. The molecule has 1 atom stereocenters. The van der Waals surface area contributed by atoms with Gasteiger partial charge in [0.1, 0.15) is 11.3 Å². The molecule has 6 heteroatoms. The fraction of sp³-hybridized carbons (Fsp3) is 0.158. The zero-order chi connectivity index (χ0) is 17.2. The molecular formula is C19H17N3O2S. The number of H-pyrrole nitrogens is 1. The number of nitrogens with zero attached hydrogens (tertiary/aromatic N) is 1. The highest BCUT2D eigenvalue weighted by molar-refractivity contribution is 7.99. The number of hydrogen-bond acceptors (Lipinski definition) is 4. The zero-order valence-corrected chi connectivity index (χ0v) is 14.5. The highest BCUT2D eigenvalue weighted by Crippen LogP contribution is 2.24. The fourth-order valence-corrected chi connectivity index (χ4v) is 3.40. The number of hydrogen-bond donors (Lipinski definition) is 2. The Morgan fingerprint density at radius 3 is 2.88 bits per heavy atom.